The van der Waals surface area contributed by atoms with E-state index in [2.05, 4.69) is 5.32 Å². The maximum Gasteiger partial charge on any atom is 0.406 e. The van der Waals surface area contributed by atoms with Gasteiger partial charge in [0.15, 0.2) is 0 Å². The second kappa shape index (κ2) is 6.44. The molecule has 18 heavy (non-hydrogen) atoms. The maximum absolute atomic E-state index is 12.4. The van der Waals surface area contributed by atoms with Gasteiger partial charge in [0.05, 0.1) is 12.8 Å². The minimum absolute atomic E-state index is 0.0211. The topological polar surface area (TPSA) is 45.5 Å². The number of nitrogens with zero attached hydrogens (tertiary/aromatic N) is 1. The quantitative estimate of drug-likeness (QED) is 0.852. The van der Waals surface area contributed by atoms with Gasteiger partial charge in [0.2, 0.25) is 5.91 Å². The number of amides is 1. The molecule has 0 saturated carbocycles. The van der Waals surface area contributed by atoms with Gasteiger partial charge in [-0.2, -0.15) is 13.2 Å². The number of rotatable bonds is 6. The van der Waals surface area contributed by atoms with Gasteiger partial charge in [-0.3, -0.25) is 4.79 Å². The number of halogens is 3. The number of carbonyl (C=O) groups excluding carboxylic acids is 1. The summed E-state index contributed by atoms with van der Waals surface area (Å²) in [5.41, 5.74) is 0. The fraction of sp³-hybridized carbons (Fsp3) is 0.545. The zero-order chi connectivity index (χ0) is 13.6. The molecule has 1 rings (SSSR count). The third kappa shape index (κ3) is 5.22. The van der Waals surface area contributed by atoms with Gasteiger partial charge in [-0.05, 0) is 19.2 Å². The van der Waals surface area contributed by atoms with Crippen LogP contribution in [-0.4, -0.2) is 37.1 Å². The minimum atomic E-state index is -4.41. The number of nitrogens with one attached hydrogen (secondary N) is 1. The van der Waals surface area contributed by atoms with Crippen molar-refractivity contribution in [2.75, 3.05) is 20.1 Å². The Balaban J connectivity index is 2.65. The fourth-order valence-electron chi connectivity index (χ4n) is 1.43. The number of hydrogen-bond acceptors (Lipinski definition) is 3. The van der Waals surface area contributed by atoms with Crippen molar-refractivity contribution in [1.29, 1.82) is 0 Å². The smallest absolute Gasteiger partial charge is 0.406 e. The molecule has 1 N–H and O–H groups in total. The molecule has 0 saturated heterocycles. The highest BCUT2D eigenvalue weighted by atomic mass is 19.4. The van der Waals surface area contributed by atoms with Crippen molar-refractivity contribution in [3.8, 4) is 0 Å². The van der Waals surface area contributed by atoms with Gasteiger partial charge >= 0.3 is 6.18 Å². The van der Waals surface area contributed by atoms with Crippen LogP contribution in [0.15, 0.2) is 22.8 Å². The first-order valence-electron chi connectivity index (χ1n) is 5.44. The molecule has 102 valence electrons. The van der Waals surface area contributed by atoms with Gasteiger partial charge in [0.25, 0.3) is 0 Å². The van der Waals surface area contributed by atoms with E-state index in [1.54, 1.807) is 13.1 Å². The molecule has 0 fully saturated rings. The van der Waals surface area contributed by atoms with Crippen LogP contribution in [0.3, 0.4) is 0 Å². The average Bonchev–Trinajstić information content (AvgIpc) is 2.75. The highest BCUT2D eigenvalue weighted by Gasteiger charge is 2.33. The first-order valence-corrected chi connectivity index (χ1v) is 5.44. The van der Waals surface area contributed by atoms with E-state index in [4.69, 9.17) is 4.42 Å². The molecule has 0 aliphatic carbocycles. The van der Waals surface area contributed by atoms with Crippen molar-refractivity contribution < 1.29 is 22.4 Å². The van der Waals surface area contributed by atoms with Crippen molar-refractivity contribution in [2.24, 2.45) is 0 Å². The van der Waals surface area contributed by atoms with Crippen LogP contribution in [0.2, 0.25) is 0 Å². The Morgan fingerprint density at radius 3 is 2.72 bits per heavy atom. The van der Waals surface area contributed by atoms with E-state index in [0.717, 1.165) is 4.90 Å². The second-order valence-electron chi connectivity index (χ2n) is 3.80. The number of carbonyl (C=O) groups is 1. The van der Waals surface area contributed by atoms with Gasteiger partial charge < -0.3 is 14.6 Å². The Morgan fingerprint density at radius 1 is 1.50 bits per heavy atom. The van der Waals surface area contributed by atoms with Crippen molar-refractivity contribution in [3.63, 3.8) is 0 Å². The second-order valence-corrected chi connectivity index (χ2v) is 3.80. The molecule has 0 atom stereocenters. The standard InChI is InChI=1S/C11H15F3N2O2/c1-15-5-4-10(17)16(8-11(12,13)14)7-9-3-2-6-18-9/h2-3,6,15H,4-5,7-8H2,1H3. The summed E-state index contributed by atoms with van der Waals surface area (Å²) in [6.45, 7) is -1.10. The molecule has 0 bridgehead atoms. The molecule has 0 aromatic carbocycles. The molecule has 0 unspecified atom stereocenters. The molecular formula is C11H15F3N2O2. The van der Waals surface area contributed by atoms with Crippen LogP contribution in [-0.2, 0) is 11.3 Å². The summed E-state index contributed by atoms with van der Waals surface area (Å²) in [6, 6.07) is 3.11. The molecule has 0 aliphatic rings. The summed E-state index contributed by atoms with van der Waals surface area (Å²) in [5.74, 6) is -0.227. The fourth-order valence-corrected chi connectivity index (χ4v) is 1.43. The van der Waals surface area contributed by atoms with Crippen LogP contribution in [0.1, 0.15) is 12.2 Å². The average molecular weight is 264 g/mol. The van der Waals surface area contributed by atoms with E-state index in [9.17, 15) is 18.0 Å². The van der Waals surface area contributed by atoms with Crippen LogP contribution in [0.25, 0.3) is 0 Å². The molecular weight excluding hydrogens is 249 g/mol. The normalized spacial score (nSPS) is 11.6. The molecule has 1 heterocycles. The Bertz CT molecular complexity index is 363. The third-order valence-electron chi connectivity index (χ3n) is 2.24. The van der Waals surface area contributed by atoms with Crippen molar-refractivity contribution in [1.82, 2.24) is 10.2 Å². The van der Waals surface area contributed by atoms with Crippen LogP contribution in [0.4, 0.5) is 13.2 Å². The molecule has 1 aromatic heterocycles. The minimum Gasteiger partial charge on any atom is -0.467 e. The lowest BCUT2D eigenvalue weighted by atomic mass is 10.3. The van der Waals surface area contributed by atoms with Crippen LogP contribution < -0.4 is 5.32 Å². The van der Waals surface area contributed by atoms with Crippen LogP contribution >= 0.6 is 0 Å². The first kappa shape index (κ1) is 14.6. The molecule has 0 spiro atoms. The van der Waals surface area contributed by atoms with E-state index in [-0.39, 0.29) is 13.0 Å². The number of hydrogen-bond donors (Lipinski definition) is 1. The first-order chi connectivity index (χ1) is 8.42. The molecule has 7 heteroatoms. The lowest BCUT2D eigenvalue weighted by Crippen LogP contribution is -2.39. The summed E-state index contributed by atoms with van der Waals surface area (Å²) in [4.78, 5) is 12.4. The summed E-state index contributed by atoms with van der Waals surface area (Å²) in [5, 5.41) is 2.72. The Labute approximate surface area is 103 Å². The van der Waals surface area contributed by atoms with E-state index in [1.807, 2.05) is 0 Å². The Kier molecular flexibility index (Phi) is 5.21. The van der Waals surface area contributed by atoms with Gasteiger partial charge in [-0.1, -0.05) is 0 Å². The lowest BCUT2D eigenvalue weighted by molar-refractivity contribution is -0.162. The largest absolute Gasteiger partial charge is 0.467 e. The van der Waals surface area contributed by atoms with Gasteiger partial charge in [0.1, 0.15) is 12.3 Å². The van der Waals surface area contributed by atoms with Crippen molar-refractivity contribution >= 4 is 5.91 Å². The molecule has 1 aromatic rings. The highest BCUT2D eigenvalue weighted by molar-refractivity contribution is 5.76. The SMILES string of the molecule is CNCCC(=O)N(Cc1ccco1)CC(F)(F)F. The monoisotopic (exact) mass is 264 g/mol. The molecule has 0 aliphatic heterocycles. The maximum atomic E-state index is 12.4. The zero-order valence-electron chi connectivity index (χ0n) is 9.96. The summed E-state index contributed by atoms with van der Waals surface area (Å²) < 4.78 is 42.1. The summed E-state index contributed by atoms with van der Waals surface area (Å²) in [6.07, 6.45) is -3.03. The van der Waals surface area contributed by atoms with E-state index in [0.29, 0.717) is 12.3 Å². The molecule has 4 nitrogen and oxygen atoms in total. The molecule has 0 radical (unpaired) electrons. The lowest BCUT2D eigenvalue weighted by Gasteiger charge is -2.23. The van der Waals surface area contributed by atoms with Crippen molar-refractivity contribution in [3.05, 3.63) is 24.2 Å². The number of furan rings is 1. The van der Waals surface area contributed by atoms with E-state index >= 15 is 0 Å². The molecule has 1 amide bonds. The predicted molar refractivity (Wildman–Crippen MR) is 58.7 cm³/mol. The third-order valence-corrected chi connectivity index (χ3v) is 2.24. The van der Waals surface area contributed by atoms with Crippen molar-refractivity contribution in [2.45, 2.75) is 19.1 Å². The Morgan fingerprint density at radius 2 is 2.22 bits per heavy atom. The van der Waals surface area contributed by atoms with E-state index in [1.165, 1.54) is 12.3 Å². The van der Waals surface area contributed by atoms with Gasteiger partial charge in [-0.15, -0.1) is 0 Å². The predicted octanol–water partition coefficient (Wildman–Crippen LogP) is 1.78. The van der Waals surface area contributed by atoms with Gasteiger partial charge in [0, 0.05) is 13.0 Å². The number of alkyl halides is 3. The van der Waals surface area contributed by atoms with E-state index < -0.39 is 18.6 Å². The Hall–Kier alpha value is -1.50. The summed E-state index contributed by atoms with van der Waals surface area (Å²) >= 11 is 0. The van der Waals surface area contributed by atoms with Gasteiger partial charge in [-0.25, -0.2) is 0 Å². The summed E-state index contributed by atoms with van der Waals surface area (Å²) in [7, 11) is 1.63. The van der Waals surface area contributed by atoms with Crippen LogP contribution in [0.5, 0.6) is 0 Å². The van der Waals surface area contributed by atoms with Crippen LogP contribution in [0, 0.1) is 0 Å². The highest BCUT2D eigenvalue weighted by Crippen LogP contribution is 2.19. The zero-order valence-corrected chi connectivity index (χ0v) is 9.96.